The molecule has 1 aromatic heterocycles. The van der Waals surface area contributed by atoms with Crippen LogP contribution < -0.4 is 10.1 Å². The van der Waals surface area contributed by atoms with E-state index in [1.807, 2.05) is 43.3 Å². The van der Waals surface area contributed by atoms with Crippen molar-refractivity contribution in [3.05, 3.63) is 59.9 Å². The number of H-pyrrole nitrogens is 1. The Bertz CT molecular complexity index is 778. The predicted octanol–water partition coefficient (Wildman–Crippen LogP) is 2.93. The van der Waals surface area contributed by atoms with E-state index in [0.29, 0.717) is 30.9 Å². The van der Waals surface area contributed by atoms with Crippen LogP contribution in [0.2, 0.25) is 0 Å². The fourth-order valence-electron chi connectivity index (χ4n) is 2.41. The average Bonchev–Trinajstić information content (AvgIpc) is 2.98. The summed E-state index contributed by atoms with van der Waals surface area (Å²) in [6.45, 7) is 3.02. The highest BCUT2D eigenvalue weighted by Gasteiger charge is 2.07. The predicted molar refractivity (Wildman–Crippen MR) is 89.7 cm³/mol. The van der Waals surface area contributed by atoms with Gasteiger partial charge in [-0.3, -0.25) is 4.79 Å². The van der Waals surface area contributed by atoms with Gasteiger partial charge < -0.3 is 15.0 Å². The number of para-hydroxylation sites is 2. The first-order valence-corrected chi connectivity index (χ1v) is 7.71. The standard InChI is InChI=1S/C18H19N3O2/c1-2-23-14-7-5-6-13(12-14)18(22)19-11-10-17-20-15-8-3-4-9-16(15)21-17/h3-9,12H,2,10-11H2,1H3,(H,19,22)(H,20,21). The second-order valence-corrected chi connectivity index (χ2v) is 5.17. The van der Waals surface area contributed by atoms with Crippen LogP contribution >= 0.6 is 0 Å². The van der Waals surface area contributed by atoms with Crippen LogP contribution in [0.25, 0.3) is 11.0 Å². The highest BCUT2D eigenvalue weighted by molar-refractivity contribution is 5.94. The molecule has 0 aliphatic carbocycles. The molecule has 0 saturated carbocycles. The molecule has 2 N–H and O–H groups in total. The van der Waals surface area contributed by atoms with Crippen molar-refractivity contribution in [2.75, 3.05) is 13.2 Å². The molecular weight excluding hydrogens is 290 g/mol. The van der Waals surface area contributed by atoms with Gasteiger partial charge in [0.2, 0.25) is 0 Å². The van der Waals surface area contributed by atoms with Crippen LogP contribution in [0.3, 0.4) is 0 Å². The molecule has 0 fully saturated rings. The first-order valence-electron chi connectivity index (χ1n) is 7.71. The molecule has 3 aromatic rings. The Labute approximate surface area is 134 Å². The maximum absolute atomic E-state index is 12.2. The number of nitrogens with zero attached hydrogens (tertiary/aromatic N) is 1. The molecule has 2 aromatic carbocycles. The monoisotopic (exact) mass is 309 g/mol. The van der Waals surface area contributed by atoms with E-state index in [9.17, 15) is 4.79 Å². The van der Waals surface area contributed by atoms with Gasteiger partial charge in [0.15, 0.2) is 0 Å². The summed E-state index contributed by atoms with van der Waals surface area (Å²) in [4.78, 5) is 19.9. The molecular formula is C18H19N3O2. The molecule has 0 radical (unpaired) electrons. The Balaban J connectivity index is 1.57. The quantitative estimate of drug-likeness (QED) is 0.735. The number of hydrogen-bond donors (Lipinski definition) is 2. The van der Waals surface area contributed by atoms with E-state index in [-0.39, 0.29) is 5.91 Å². The van der Waals surface area contributed by atoms with Crippen LogP contribution in [0.15, 0.2) is 48.5 Å². The molecule has 0 saturated heterocycles. The number of nitrogens with one attached hydrogen (secondary N) is 2. The molecule has 1 heterocycles. The Hall–Kier alpha value is -2.82. The van der Waals surface area contributed by atoms with Gasteiger partial charge in [-0.2, -0.15) is 0 Å². The van der Waals surface area contributed by atoms with Crippen LogP contribution in [-0.2, 0) is 6.42 Å². The number of rotatable bonds is 6. The lowest BCUT2D eigenvalue weighted by Gasteiger charge is -2.07. The minimum Gasteiger partial charge on any atom is -0.494 e. The summed E-state index contributed by atoms with van der Waals surface area (Å²) in [6, 6.07) is 15.1. The smallest absolute Gasteiger partial charge is 0.251 e. The molecule has 0 bridgehead atoms. The molecule has 1 amide bonds. The van der Waals surface area contributed by atoms with Gasteiger partial charge in [-0.25, -0.2) is 4.98 Å². The second kappa shape index (κ2) is 6.96. The maximum Gasteiger partial charge on any atom is 0.251 e. The highest BCUT2D eigenvalue weighted by atomic mass is 16.5. The van der Waals surface area contributed by atoms with E-state index >= 15 is 0 Å². The molecule has 5 heteroatoms. The van der Waals surface area contributed by atoms with Crippen LogP contribution in [0.5, 0.6) is 5.75 Å². The van der Waals surface area contributed by atoms with Crippen LogP contribution in [-0.4, -0.2) is 29.0 Å². The van der Waals surface area contributed by atoms with Gasteiger partial charge in [-0.1, -0.05) is 18.2 Å². The van der Waals surface area contributed by atoms with Crippen molar-refractivity contribution in [3.63, 3.8) is 0 Å². The molecule has 5 nitrogen and oxygen atoms in total. The van der Waals surface area contributed by atoms with Crippen molar-refractivity contribution >= 4 is 16.9 Å². The topological polar surface area (TPSA) is 67.0 Å². The van der Waals surface area contributed by atoms with Crippen molar-refractivity contribution in [2.45, 2.75) is 13.3 Å². The van der Waals surface area contributed by atoms with E-state index < -0.39 is 0 Å². The van der Waals surface area contributed by atoms with E-state index in [1.54, 1.807) is 12.1 Å². The fourth-order valence-corrected chi connectivity index (χ4v) is 2.41. The Morgan fingerprint density at radius 1 is 1.22 bits per heavy atom. The number of aromatic nitrogens is 2. The molecule has 0 spiro atoms. The first kappa shape index (κ1) is 15.1. The third kappa shape index (κ3) is 3.69. The lowest BCUT2D eigenvalue weighted by atomic mass is 10.2. The summed E-state index contributed by atoms with van der Waals surface area (Å²) in [7, 11) is 0. The van der Waals surface area contributed by atoms with E-state index in [4.69, 9.17) is 4.74 Å². The van der Waals surface area contributed by atoms with Crippen molar-refractivity contribution < 1.29 is 9.53 Å². The van der Waals surface area contributed by atoms with Gasteiger partial charge in [0, 0.05) is 18.5 Å². The van der Waals surface area contributed by atoms with E-state index in [2.05, 4.69) is 15.3 Å². The lowest BCUT2D eigenvalue weighted by molar-refractivity contribution is 0.0953. The van der Waals surface area contributed by atoms with Gasteiger partial charge in [0.25, 0.3) is 5.91 Å². The minimum absolute atomic E-state index is 0.109. The summed E-state index contributed by atoms with van der Waals surface area (Å²) in [5.41, 5.74) is 2.55. The number of amides is 1. The zero-order valence-electron chi connectivity index (χ0n) is 13.0. The average molecular weight is 309 g/mol. The minimum atomic E-state index is -0.109. The van der Waals surface area contributed by atoms with Crippen LogP contribution in [0.4, 0.5) is 0 Å². The SMILES string of the molecule is CCOc1cccc(C(=O)NCCc2nc3ccccc3[nH]2)c1. The van der Waals surface area contributed by atoms with Crippen molar-refractivity contribution in [1.82, 2.24) is 15.3 Å². The van der Waals surface area contributed by atoms with E-state index in [0.717, 1.165) is 16.9 Å². The molecule has 0 aliphatic rings. The number of fused-ring (bicyclic) bond motifs is 1. The van der Waals surface area contributed by atoms with Gasteiger partial charge in [-0.15, -0.1) is 0 Å². The number of imidazole rings is 1. The zero-order valence-corrected chi connectivity index (χ0v) is 13.0. The Kier molecular flexibility index (Phi) is 4.57. The number of benzene rings is 2. The third-order valence-corrected chi connectivity index (χ3v) is 3.49. The Morgan fingerprint density at radius 2 is 2.09 bits per heavy atom. The maximum atomic E-state index is 12.2. The normalized spacial score (nSPS) is 10.7. The third-order valence-electron chi connectivity index (χ3n) is 3.49. The second-order valence-electron chi connectivity index (χ2n) is 5.17. The fraction of sp³-hybridized carbons (Fsp3) is 0.222. The lowest BCUT2D eigenvalue weighted by Crippen LogP contribution is -2.25. The van der Waals surface area contributed by atoms with Gasteiger partial charge in [-0.05, 0) is 37.3 Å². The number of hydrogen-bond acceptors (Lipinski definition) is 3. The van der Waals surface area contributed by atoms with Crippen molar-refractivity contribution in [3.8, 4) is 5.75 Å². The number of carbonyl (C=O) groups is 1. The van der Waals surface area contributed by atoms with Gasteiger partial charge >= 0.3 is 0 Å². The molecule has 118 valence electrons. The molecule has 3 rings (SSSR count). The number of carbonyl (C=O) groups excluding carboxylic acids is 1. The number of aromatic amines is 1. The zero-order chi connectivity index (χ0) is 16.1. The summed E-state index contributed by atoms with van der Waals surface area (Å²) in [5.74, 6) is 1.47. The number of ether oxygens (including phenoxy) is 1. The largest absolute Gasteiger partial charge is 0.494 e. The molecule has 0 unspecified atom stereocenters. The molecule has 0 atom stereocenters. The van der Waals surface area contributed by atoms with Gasteiger partial charge in [0.1, 0.15) is 11.6 Å². The van der Waals surface area contributed by atoms with Crippen LogP contribution in [0.1, 0.15) is 23.1 Å². The Morgan fingerprint density at radius 3 is 2.91 bits per heavy atom. The van der Waals surface area contributed by atoms with E-state index in [1.165, 1.54) is 0 Å². The van der Waals surface area contributed by atoms with Crippen molar-refractivity contribution in [1.29, 1.82) is 0 Å². The van der Waals surface area contributed by atoms with Gasteiger partial charge in [0.05, 0.1) is 17.6 Å². The van der Waals surface area contributed by atoms with Crippen molar-refractivity contribution in [2.24, 2.45) is 0 Å². The summed E-state index contributed by atoms with van der Waals surface area (Å²) in [6.07, 6.45) is 0.658. The highest BCUT2D eigenvalue weighted by Crippen LogP contribution is 2.13. The first-order chi connectivity index (χ1) is 11.3. The molecule has 0 aliphatic heterocycles. The summed E-state index contributed by atoms with van der Waals surface area (Å²) >= 11 is 0. The summed E-state index contributed by atoms with van der Waals surface area (Å²) in [5, 5.41) is 2.91. The molecule has 23 heavy (non-hydrogen) atoms. The van der Waals surface area contributed by atoms with Crippen LogP contribution in [0, 0.1) is 0 Å². The summed E-state index contributed by atoms with van der Waals surface area (Å²) < 4.78 is 5.41.